The molecule has 0 saturated heterocycles. The molecule has 0 spiro atoms. The van der Waals surface area contributed by atoms with E-state index in [1.54, 1.807) is 6.92 Å². The van der Waals surface area contributed by atoms with E-state index in [0.29, 0.717) is 5.56 Å². The minimum atomic E-state index is -5.69. The van der Waals surface area contributed by atoms with Crippen molar-refractivity contribution < 1.29 is 20.9 Å². The number of hydrogen-bond donors (Lipinski definition) is 0. The van der Waals surface area contributed by atoms with Crippen molar-refractivity contribution in [3.8, 4) is 0 Å². The van der Waals surface area contributed by atoms with Crippen LogP contribution >= 0.6 is 10.8 Å². The van der Waals surface area contributed by atoms with Crippen molar-refractivity contribution in [2.45, 2.75) is 17.3 Å². The molecule has 0 radical (unpaired) electrons. The molecule has 0 aliphatic rings. The number of halogens is 5. The molecule has 0 unspecified atom stereocenters. The first-order valence-electron chi connectivity index (χ1n) is 3.61. The van der Waals surface area contributed by atoms with Gasteiger partial charge in [-0.3, -0.25) is 0 Å². The van der Waals surface area contributed by atoms with Gasteiger partial charge in [0.15, 0.2) is 10.8 Å². The Morgan fingerprint density at radius 2 is 1.43 bits per heavy atom. The first kappa shape index (κ1) is 11.3. The Labute approximate surface area is 79.6 Å². The summed E-state index contributed by atoms with van der Waals surface area (Å²) in [7, 11) is -5.69. The number of alkyl halides is 3. The summed E-state index contributed by atoms with van der Waals surface area (Å²) in [4.78, 5) is -0.949. The van der Waals surface area contributed by atoms with Crippen molar-refractivity contribution >= 4 is 10.8 Å². The SMILES string of the molecule is Cc1ccc(S(F)(F)C(F)(F)F)cc1. The highest BCUT2D eigenvalue weighted by Crippen LogP contribution is 2.70. The Morgan fingerprint density at radius 3 is 1.79 bits per heavy atom. The van der Waals surface area contributed by atoms with Crippen LogP contribution in [0.25, 0.3) is 0 Å². The molecule has 0 aromatic heterocycles. The quantitative estimate of drug-likeness (QED) is 0.625. The highest BCUT2D eigenvalue weighted by molar-refractivity contribution is 8.26. The van der Waals surface area contributed by atoms with Crippen LogP contribution in [0.15, 0.2) is 29.2 Å². The van der Waals surface area contributed by atoms with Gasteiger partial charge in [0.25, 0.3) is 0 Å². The van der Waals surface area contributed by atoms with E-state index in [9.17, 15) is 20.9 Å². The Morgan fingerprint density at radius 1 is 1.00 bits per heavy atom. The highest BCUT2D eigenvalue weighted by atomic mass is 32.3. The summed E-state index contributed by atoms with van der Waals surface area (Å²) in [6.07, 6.45) is 0. The van der Waals surface area contributed by atoms with E-state index in [-0.39, 0.29) is 0 Å². The maximum absolute atomic E-state index is 12.8. The van der Waals surface area contributed by atoms with Crippen molar-refractivity contribution in [1.29, 1.82) is 0 Å². The third-order valence-corrected chi connectivity index (χ3v) is 3.05. The van der Waals surface area contributed by atoms with Crippen molar-refractivity contribution in [3.63, 3.8) is 0 Å². The fraction of sp³-hybridized carbons (Fsp3) is 0.250. The summed E-state index contributed by atoms with van der Waals surface area (Å²) < 4.78 is 61.2. The van der Waals surface area contributed by atoms with Crippen LogP contribution in [0.1, 0.15) is 5.56 Å². The predicted molar refractivity (Wildman–Crippen MR) is 45.3 cm³/mol. The van der Waals surface area contributed by atoms with Gasteiger partial charge in [0.2, 0.25) is 0 Å². The van der Waals surface area contributed by atoms with E-state index < -0.39 is 21.2 Å². The van der Waals surface area contributed by atoms with Crippen molar-refractivity contribution in [3.05, 3.63) is 29.8 Å². The van der Waals surface area contributed by atoms with Crippen molar-refractivity contribution in [1.82, 2.24) is 0 Å². The third-order valence-electron chi connectivity index (χ3n) is 1.61. The fourth-order valence-corrected chi connectivity index (χ4v) is 1.59. The van der Waals surface area contributed by atoms with E-state index >= 15 is 0 Å². The van der Waals surface area contributed by atoms with Gasteiger partial charge in [-0.05, 0) is 19.1 Å². The molecule has 1 aromatic rings. The lowest BCUT2D eigenvalue weighted by atomic mass is 10.2. The van der Waals surface area contributed by atoms with Gasteiger partial charge < -0.3 is 0 Å². The lowest BCUT2D eigenvalue weighted by molar-refractivity contribution is -0.0463. The molecule has 0 saturated carbocycles. The molecule has 1 aromatic carbocycles. The number of benzene rings is 1. The minimum absolute atomic E-state index is 0.645. The number of hydrogen-bond acceptors (Lipinski definition) is 0. The molecular weight excluding hydrogens is 223 g/mol. The monoisotopic (exact) mass is 230 g/mol. The topological polar surface area (TPSA) is 0 Å². The summed E-state index contributed by atoms with van der Waals surface area (Å²) in [5, 5.41) is 0. The molecule has 0 fully saturated rings. The van der Waals surface area contributed by atoms with Crippen molar-refractivity contribution in [2.24, 2.45) is 0 Å². The first-order chi connectivity index (χ1) is 6.25. The van der Waals surface area contributed by atoms with Crippen LogP contribution in [0, 0.1) is 6.92 Å². The molecule has 0 atom stereocenters. The standard InChI is InChI=1S/C8H7F5S/c1-6-2-4-7(5-3-6)14(12,13)8(9,10)11/h2-5H,1H3. The van der Waals surface area contributed by atoms with Crippen LogP contribution in [-0.4, -0.2) is 5.51 Å². The third kappa shape index (κ3) is 2.00. The van der Waals surface area contributed by atoms with Crippen LogP contribution in [-0.2, 0) is 0 Å². The zero-order valence-electron chi connectivity index (χ0n) is 7.11. The number of rotatable bonds is 1. The molecule has 0 N–H and O–H groups in total. The Kier molecular flexibility index (Phi) is 2.76. The second-order valence-corrected chi connectivity index (χ2v) is 4.60. The summed E-state index contributed by atoms with van der Waals surface area (Å²) in [5.74, 6) is 0. The van der Waals surface area contributed by atoms with E-state index in [2.05, 4.69) is 0 Å². The van der Waals surface area contributed by atoms with Gasteiger partial charge in [-0.15, -0.1) is 7.77 Å². The molecule has 1 rings (SSSR count). The van der Waals surface area contributed by atoms with Gasteiger partial charge in [0.05, 0.1) is 4.90 Å². The molecule has 0 bridgehead atoms. The summed E-state index contributed by atoms with van der Waals surface area (Å²) in [6.45, 7) is 1.62. The van der Waals surface area contributed by atoms with Gasteiger partial charge in [0, 0.05) is 0 Å². The molecule has 6 heteroatoms. The first-order valence-corrected chi connectivity index (χ1v) is 5.04. The molecule has 0 aliphatic carbocycles. The molecule has 14 heavy (non-hydrogen) atoms. The van der Waals surface area contributed by atoms with Crippen molar-refractivity contribution in [2.75, 3.05) is 0 Å². The second kappa shape index (κ2) is 3.42. The maximum atomic E-state index is 12.8. The van der Waals surface area contributed by atoms with Gasteiger partial charge in [-0.25, -0.2) is 0 Å². The molecular formula is C8H7F5S. The van der Waals surface area contributed by atoms with Crippen LogP contribution in [0.3, 0.4) is 0 Å². The Hall–Kier alpha value is -0.780. The maximum Gasteiger partial charge on any atom is 0.482 e. The molecule has 80 valence electrons. The highest BCUT2D eigenvalue weighted by Gasteiger charge is 2.54. The van der Waals surface area contributed by atoms with E-state index in [4.69, 9.17) is 0 Å². The lowest BCUT2D eigenvalue weighted by Gasteiger charge is -2.23. The van der Waals surface area contributed by atoms with Crippen LogP contribution in [0.4, 0.5) is 20.9 Å². The Balaban J connectivity index is 3.10. The smallest absolute Gasteiger partial charge is 0.157 e. The average molecular weight is 230 g/mol. The van der Waals surface area contributed by atoms with E-state index in [1.807, 2.05) is 0 Å². The van der Waals surface area contributed by atoms with Gasteiger partial charge in [0.1, 0.15) is 0 Å². The second-order valence-electron chi connectivity index (χ2n) is 2.73. The Bertz CT molecular complexity index is 313. The van der Waals surface area contributed by atoms with Crippen LogP contribution < -0.4 is 0 Å². The summed E-state index contributed by atoms with van der Waals surface area (Å²) >= 11 is 0. The summed E-state index contributed by atoms with van der Waals surface area (Å²) in [5.41, 5.74) is -4.81. The lowest BCUT2D eigenvalue weighted by Crippen LogP contribution is -2.12. The zero-order valence-corrected chi connectivity index (χ0v) is 7.92. The van der Waals surface area contributed by atoms with E-state index in [1.165, 1.54) is 12.1 Å². The largest absolute Gasteiger partial charge is 0.482 e. The van der Waals surface area contributed by atoms with Crippen LogP contribution in [0.2, 0.25) is 0 Å². The van der Waals surface area contributed by atoms with Gasteiger partial charge in [-0.2, -0.15) is 13.2 Å². The fourth-order valence-electron chi connectivity index (χ4n) is 0.843. The molecule has 0 nitrogen and oxygen atoms in total. The number of aryl methyl sites for hydroxylation is 1. The summed E-state index contributed by atoms with van der Waals surface area (Å²) in [6, 6.07) is 4.11. The molecule has 0 aliphatic heterocycles. The zero-order chi connectivity index (χ0) is 11.0. The molecule has 0 heterocycles. The van der Waals surface area contributed by atoms with E-state index in [0.717, 1.165) is 12.1 Å². The predicted octanol–water partition coefficient (Wildman–Crippen LogP) is 4.45. The van der Waals surface area contributed by atoms with Gasteiger partial charge in [-0.1, -0.05) is 17.7 Å². The minimum Gasteiger partial charge on any atom is -0.157 e. The average Bonchev–Trinajstić information content (AvgIpc) is 2.03. The van der Waals surface area contributed by atoms with Gasteiger partial charge >= 0.3 is 5.51 Å². The molecule has 0 amide bonds. The van der Waals surface area contributed by atoms with Crippen LogP contribution in [0.5, 0.6) is 0 Å². The normalized spacial score (nSPS) is 14.1.